The number of hydrogen-bond donors (Lipinski definition) is 0. The Bertz CT molecular complexity index is 570. The zero-order valence-corrected chi connectivity index (χ0v) is 9.11. The van der Waals surface area contributed by atoms with Crippen LogP contribution in [0.1, 0.15) is 27.9 Å². The molecule has 0 amide bonds. The molecule has 0 unspecified atom stereocenters. The van der Waals surface area contributed by atoms with E-state index in [-0.39, 0.29) is 16.7 Å². The van der Waals surface area contributed by atoms with Gasteiger partial charge in [0.25, 0.3) is 6.43 Å². The number of ketones is 1. The topological polar surface area (TPSA) is 30.0 Å². The summed E-state index contributed by atoms with van der Waals surface area (Å²) in [4.78, 5) is 15.6. The fourth-order valence-electron chi connectivity index (χ4n) is 1.51. The van der Waals surface area contributed by atoms with Crippen molar-refractivity contribution in [2.75, 3.05) is 0 Å². The highest BCUT2D eigenvalue weighted by atomic mass is 19.3. The van der Waals surface area contributed by atoms with Crippen LogP contribution in [0.5, 0.6) is 0 Å². The molecular formula is C13H8F3NO. The molecule has 0 radical (unpaired) electrons. The lowest BCUT2D eigenvalue weighted by Crippen LogP contribution is -2.05. The summed E-state index contributed by atoms with van der Waals surface area (Å²) in [5.41, 5.74) is -0.604. The fourth-order valence-corrected chi connectivity index (χ4v) is 1.51. The van der Waals surface area contributed by atoms with Crippen LogP contribution in [0.3, 0.4) is 0 Å². The second-order valence-electron chi connectivity index (χ2n) is 3.61. The first-order chi connectivity index (χ1) is 8.59. The maximum Gasteiger partial charge on any atom is 0.263 e. The van der Waals surface area contributed by atoms with Gasteiger partial charge in [0.05, 0.1) is 5.56 Å². The van der Waals surface area contributed by atoms with E-state index >= 15 is 0 Å². The zero-order chi connectivity index (χ0) is 13.1. The maximum absolute atomic E-state index is 13.5. The molecule has 0 spiro atoms. The normalized spacial score (nSPS) is 10.7. The molecule has 0 aliphatic rings. The number of carbonyl (C=O) groups excluding carboxylic acids is 1. The molecule has 0 saturated heterocycles. The summed E-state index contributed by atoms with van der Waals surface area (Å²) >= 11 is 0. The summed E-state index contributed by atoms with van der Waals surface area (Å²) in [6.45, 7) is 0. The molecule has 0 aliphatic heterocycles. The Labute approximate surface area is 101 Å². The third-order valence-corrected chi connectivity index (χ3v) is 2.41. The summed E-state index contributed by atoms with van der Waals surface area (Å²) in [7, 11) is 0. The van der Waals surface area contributed by atoms with Crippen LogP contribution in [0.25, 0.3) is 0 Å². The number of alkyl halides is 2. The van der Waals surface area contributed by atoms with E-state index in [9.17, 15) is 18.0 Å². The SMILES string of the molecule is O=C(c1cccnc1)c1cc(C(F)F)ccc1F. The maximum atomic E-state index is 13.5. The molecular weight excluding hydrogens is 243 g/mol. The first kappa shape index (κ1) is 12.3. The van der Waals surface area contributed by atoms with E-state index in [1.165, 1.54) is 24.5 Å². The number of nitrogens with zero attached hydrogens (tertiary/aromatic N) is 1. The predicted octanol–water partition coefficient (Wildman–Crippen LogP) is 3.39. The van der Waals surface area contributed by atoms with E-state index in [4.69, 9.17) is 0 Å². The summed E-state index contributed by atoms with van der Waals surface area (Å²) in [5, 5.41) is 0. The lowest BCUT2D eigenvalue weighted by Gasteiger charge is -2.05. The van der Waals surface area contributed by atoms with Gasteiger partial charge in [0.2, 0.25) is 0 Å². The number of rotatable bonds is 3. The lowest BCUT2D eigenvalue weighted by atomic mass is 10.0. The third-order valence-electron chi connectivity index (χ3n) is 2.41. The third kappa shape index (κ3) is 2.40. The van der Waals surface area contributed by atoms with Crippen molar-refractivity contribution in [1.82, 2.24) is 4.98 Å². The van der Waals surface area contributed by atoms with E-state index in [0.717, 1.165) is 18.2 Å². The van der Waals surface area contributed by atoms with Crippen molar-refractivity contribution in [3.8, 4) is 0 Å². The molecule has 1 aromatic heterocycles. The van der Waals surface area contributed by atoms with Crippen molar-refractivity contribution < 1.29 is 18.0 Å². The highest BCUT2D eigenvalue weighted by molar-refractivity contribution is 6.09. The molecule has 92 valence electrons. The first-order valence-corrected chi connectivity index (χ1v) is 5.12. The molecule has 0 saturated carbocycles. The summed E-state index contributed by atoms with van der Waals surface area (Å²) in [6.07, 6.45) is -0.0226. The van der Waals surface area contributed by atoms with Crippen LogP contribution < -0.4 is 0 Å². The van der Waals surface area contributed by atoms with E-state index in [0.29, 0.717) is 0 Å². The minimum Gasteiger partial charge on any atom is -0.288 e. The zero-order valence-electron chi connectivity index (χ0n) is 9.11. The van der Waals surface area contributed by atoms with Crippen LogP contribution in [0, 0.1) is 5.82 Å². The van der Waals surface area contributed by atoms with Crippen molar-refractivity contribution in [3.63, 3.8) is 0 Å². The van der Waals surface area contributed by atoms with Crippen LogP contribution in [0.2, 0.25) is 0 Å². The van der Waals surface area contributed by atoms with Gasteiger partial charge in [-0.1, -0.05) is 6.07 Å². The van der Waals surface area contributed by atoms with Crippen molar-refractivity contribution >= 4 is 5.78 Å². The van der Waals surface area contributed by atoms with Gasteiger partial charge >= 0.3 is 0 Å². The Morgan fingerprint density at radius 1 is 1.22 bits per heavy atom. The average molecular weight is 251 g/mol. The number of carbonyl (C=O) groups is 1. The minimum absolute atomic E-state index is 0.155. The second-order valence-corrected chi connectivity index (χ2v) is 3.61. The highest BCUT2D eigenvalue weighted by Gasteiger charge is 2.17. The van der Waals surface area contributed by atoms with Crippen molar-refractivity contribution in [2.24, 2.45) is 0 Å². The van der Waals surface area contributed by atoms with Crippen LogP contribution in [0.4, 0.5) is 13.2 Å². The molecule has 5 heteroatoms. The number of pyridine rings is 1. The Kier molecular flexibility index (Phi) is 3.41. The first-order valence-electron chi connectivity index (χ1n) is 5.12. The molecule has 18 heavy (non-hydrogen) atoms. The van der Waals surface area contributed by atoms with Gasteiger partial charge in [-0.3, -0.25) is 9.78 Å². The summed E-state index contributed by atoms with van der Waals surface area (Å²) in [5.74, 6) is -1.49. The van der Waals surface area contributed by atoms with Gasteiger partial charge < -0.3 is 0 Å². The van der Waals surface area contributed by atoms with Crippen molar-refractivity contribution in [3.05, 3.63) is 65.2 Å². The van der Waals surface area contributed by atoms with Gasteiger partial charge in [0.1, 0.15) is 5.82 Å². The van der Waals surface area contributed by atoms with E-state index < -0.39 is 18.0 Å². The number of hydrogen-bond acceptors (Lipinski definition) is 2. The van der Waals surface area contributed by atoms with Crippen LogP contribution >= 0.6 is 0 Å². The smallest absolute Gasteiger partial charge is 0.263 e. The van der Waals surface area contributed by atoms with Gasteiger partial charge in [-0.05, 0) is 24.3 Å². The highest BCUT2D eigenvalue weighted by Crippen LogP contribution is 2.22. The fraction of sp³-hybridized carbons (Fsp3) is 0.0769. The van der Waals surface area contributed by atoms with Crippen LogP contribution in [-0.2, 0) is 0 Å². The molecule has 0 atom stereocenters. The number of aromatic nitrogens is 1. The molecule has 2 rings (SSSR count). The Hall–Kier alpha value is -2.17. The lowest BCUT2D eigenvalue weighted by molar-refractivity contribution is 0.103. The number of halogens is 3. The molecule has 0 fully saturated rings. The Morgan fingerprint density at radius 2 is 2.00 bits per heavy atom. The number of benzene rings is 1. The standard InChI is InChI=1S/C13H8F3NO/c14-11-4-3-8(13(15)16)6-10(11)12(18)9-2-1-5-17-7-9/h1-7,13H. The Balaban J connectivity index is 2.45. The van der Waals surface area contributed by atoms with Gasteiger partial charge in [-0.2, -0.15) is 0 Å². The average Bonchev–Trinajstić information content (AvgIpc) is 2.39. The molecule has 0 bridgehead atoms. The van der Waals surface area contributed by atoms with Crippen LogP contribution in [0.15, 0.2) is 42.7 Å². The largest absolute Gasteiger partial charge is 0.288 e. The summed E-state index contributed by atoms with van der Waals surface area (Å²) < 4.78 is 38.5. The van der Waals surface area contributed by atoms with Gasteiger partial charge in [-0.25, -0.2) is 13.2 Å². The molecule has 0 N–H and O–H groups in total. The Morgan fingerprint density at radius 3 is 2.61 bits per heavy atom. The molecule has 1 heterocycles. The summed E-state index contributed by atoms with van der Waals surface area (Å²) in [6, 6.07) is 5.66. The monoisotopic (exact) mass is 251 g/mol. The van der Waals surface area contributed by atoms with Crippen molar-refractivity contribution in [1.29, 1.82) is 0 Å². The molecule has 0 aliphatic carbocycles. The van der Waals surface area contributed by atoms with E-state index in [1.807, 2.05) is 0 Å². The van der Waals surface area contributed by atoms with Gasteiger partial charge in [0.15, 0.2) is 5.78 Å². The second kappa shape index (κ2) is 5.00. The molecule has 2 aromatic rings. The van der Waals surface area contributed by atoms with E-state index in [1.54, 1.807) is 0 Å². The molecule has 2 nitrogen and oxygen atoms in total. The minimum atomic E-state index is -2.74. The van der Waals surface area contributed by atoms with E-state index in [2.05, 4.69) is 4.98 Å². The predicted molar refractivity (Wildman–Crippen MR) is 59.0 cm³/mol. The van der Waals surface area contributed by atoms with Gasteiger partial charge in [-0.15, -0.1) is 0 Å². The quantitative estimate of drug-likeness (QED) is 0.782. The van der Waals surface area contributed by atoms with Crippen molar-refractivity contribution in [2.45, 2.75) is 6.43 Å². The van der Waals surface area contributed by atoms with Gasteiger partial charge in [0, 0.05) is 23.5 Å². The van der Waals surface area contributed by atoms with Crippen LogP contribution in [-0.4, -0.2) is 10.8 Å². The molecule has 1 aromatic carbocycles.